The molecule has 0 saturated heterocycles. The molecule has 15 heavy (non-hydrogen) atoms. The molecule has 1 atom stereocenters. The first-order chi connectivity index (χ1) is 6.76. The van der Waals surface area contributed by atoms with Crippen LogP contribution < -0.4 is 5.32 Å². The van der Waals surface area contributed by atoms with Gasteiger partial charge in [-0.15, -0.1) is 0 Å². The fourth-order valence-corrected chi connectivity index (χ4v) is 0.767. The van der Waals surface area contributed by atoms with Crippen LogP contribution in [-0.2, 0) is 9.53 Å². The molecule has 88 valence electrons. The number of carbonyl (C=O) groups is 2. The van der Waals surface area contributed by atoms with Crippen LogP contribution in [0.4, 0.5) is 18.0 Å². The van der Waals surface area contributed by atoms with Gasteiger partial charge in [0.05, 0.1) is 7.11 Å². The zero-order valence-electron chi connectivity index (χ0n) is 7.80. The number of carboxylic acids is 1. The number of methoxy groups -OCH3 is 1. The van der Waals surface area contributed by atoms with Gasteiger partial charge < -0.3 is 15.2 Å². The number of alkyl halides is 3. The van der Waals surface area contributed by atoms with E-state index in [9.17, 15) is 22.8 Å². The number of carbonyl (C=O) groups excluding carboxylic acids is 1. The van der Waals surface area contributed by atoms with Crippen molar-refractivity contribution in [1.29, 1.82) is 0 Å². The lowest BCUT2D eigenvalue weighted by atomic mass is 10.1. The summed E-state index contributed by atoms with van der Waals surface area (Å²) in [6, 6.07) is -1.60. The van der Waals surface area contributed by atoms with E-state index in [0.717, 1.165) is 7.11 Å². The van der Waals surface area contributed by atoms with Crippen molar-refractivity contribution in [3.05, 3.63) is 0 Å². The summed E-state index contributed by atoms with van der Waals surface area (Å²) in [5, 5.41) is 10.3. The normalized spacial score (nSPS) is 13.1. The Balaban J connectivity index is 4.18. The topological polar surface area (TPSA) is 75.6 Å². The first-order valence-electron chi connectivity index (χ1n) is 3.90. The van der Waals surface area contributed by atoms with Crippen LogP contribution in [-0.4, -0.2) is 36.5 Å². The number of carboxylic acid groups (broad SMARTS) is 1. The molecular weight excluding hydrogens is 219 g/mol. The van der Waals surface area contributed by atoms with Crippen molar-refractivity contribution in [3.63, 3.8) is 0 Å². The van der Waals surface area contributed by atoms with Crippen molar-refractivity contribution in [2.75, 3.05) is 7.11 Å². The van der Waals surface area contributed by atoms with E-state index >= 15 is 0 Å². The molecule has 0 bridgehead atoms. The van der Waals surface area contributed by atoms with Gasteiger partial charge in [-0.3, -0.25) is 0 Å². The summed E-state index contributed by atoms with van der Waals surface area (Å²) < 4.78 is 39.4. The quantitative estimate of drug-likeness (QED) is 0.757. The fraction of sp³-hybridized carbons (Fsp3) is 0.714. The molecule has 0 radical (unpaired) electrons. The third-order valence-electron chi connectivity index (χ3n) is 1.49. The molecular formula is C7H10F3NO4. The maximum Gasteiger partial charge on any atom is 0.407 e. The number of alkyl carbamates (subject to hydrolysis) is 1. The monoisotopic (exact) mass is 229 g/mol. The predicted octanol–water partition coefficient (Wildman–Crippen LogP) is 1.14. The average Bonchev–Trinajstić information content (AvgIpc) is 2.09. The van der Waals surface area contributed by atoms with Gasteiger partial charge in [-0.1, -0.05) is 0 Å². The van der Waals surface area contributed by atoms with Crippen LogP contribution >= 0.6 is 0 Å². The van der Waals surface area contributed by atoms with Gasteiger partial charge in [0, 0.05) is 6.42 Å². The fourth-order valence-electron chi connectivity index (χ4n) is 0.767. The summed E-state index contributed by atoms with van der Waals surface area (Å²) in [6.07, 6.45) is -7.54. The van der Waals surface area contributed by atoms with E-state index in [2.05, 4.69) is 4.74 Å². The third kappa shape index (κ3) is 6.58. The zero-order valence-corrected chi connectivity index (χ0v) is 7.80. The second-order valence-corrected chi connectivity index (χ2v) is 2.68. The number of ether oxygens (including phenoxy) is 1. The highest BCUT2D eigenvalue weighted by atomic mass is 19.4. The lowest BCUT2D eigenvalue weighted by Crippen LogP contribution is -2.41. The molecule has 2 N–H and O–H groups in total. The molecule has 0 aromatic rings. The Bertz CT molecular complexity index is 241. The van der Waals surface area contributed by atoms with Crippen molar-refractivity contribution in [2.45, 2.75) is 25.1 Å². The van der Waals surface area contributed by atoms with Crippen LogP contribution in [0.5, 0.6) is 0 Å². The Morgan fingerprint density at radius 3 is 2.33 bits per heavy atom. The number of hydrogen-bond donors (Lipinski definition) is 2. The second-order valence-electron chi connectivity index (χ2n) is 2.68. The Kier molecular flexibility index (Phi) is 4.89. The van der Waals surface area contributed by atoms with Crippen LogP contribution in [0.15, 0.2) is 0 Å². The van der Waals surface area contributed by atoms with Gasteiger partial charge in [0.15, 0.2) is 0 Å². The number of nitrogens with one attached hydrogen (secondary N) is 1. The molecule has 0 heterocycles. The lowest BCUT2D eigenvalue weighted by molar-refractivity contribution is -0.145. The van der Waals surface area contributed by atoms with Gasteiger partial charge in [0.25, 0.3) is 0 Å². The Labute approximate surface area is 83.2 Å². The minimum Gasteiger partial charge on any atom is -0.480 e. The van der Waals surface area contributed by atoms with Crippen molar-refractivity contribution < 1.29 is 32.6 Å². The molecule has 0 unspecified atom stereocenters. The van der Waals surface area contributed by atoms with Gasteiger partial charge in [-0.25, -0.2) is 9.59 Å². The Morgan fingerprint density at radius 2 is 2.00 bits per heavy atom. The van der Waals surface area contributed by atoms with Gasteiger partial charge in [0.1, 0.15) is 6.04 Å². The van der Waals surface area contributed by atoms with Crippen molar-refractivity contribution in [2.24, 2.45) is 0 Å². The van der Waals surface area contributed by atoms with Crippen LogP contribution in [0.25, 0.3) is 0 Å². The molecule has 0 fully saturated rings. The summed E-state index contributed by atoms with van der Waals surface area (Å²) in [4.78, 5) is 21.0. The largest absolute Gasteiger partial charge is 0.480 e. The second kappa shape index (κ2) is 5.42. The van der Waals surface area contributed by atoms with E-state index in [4.69, 9.17) is 5.11 Å². The van der Waals surface area contributed by atoms with Crippen molar-refractivity contribution >= 4 is 12.1 Å². The first kappa shape index (κ1) is 13.5. The predicted molar refractivity (Wildman–Crippen MR) is 42.3 cm³/mol. The number of amides is 1. The maximum absolute atomic E-state index is 11.8. The van der Waals surface area contributed by atoms with E-state index in [-0.39, 0.29) is 0 Å². The number of rotatable bonds is 4. The minimum absolute atomic E-state index is 0.728. The molecule has 8 heteroatoms. The van der Waals surface area contributed by atoms with Crippen molar-refractivity contribution in [3.8, 4) is 0 Å². The van der Waals surface area contributed by atoms with Gasteiger partial charge >= 0.3 is 18.2 Å². The molecule has 0 rings (SSSR count). The van der Waals surface area contributed by atoms with E-state index in [1.54, 1.807) is 5.32 Å². The lowest BCUT2D eigenvalue weighted by Gasteiger charge is -2.14. The summed E-state index contributed by atoms with van der Waals surface area (Å²) >= 11 is 0. The summed E-state index contributed by atoms with van der Waals surface area (Å²) in [5.41, 5.74) is 0. The SMILES string of the molecule is COC(=O)N[C@@H](CCC(F)(F)F)C(=O)O. The van der Waals surface area contributed by atoms with E-state index in [1.165, 1.54) is 0 Å². The van der Waals surface area contributed by atoms with Gasteiger partial charge in [-0.2, -0.15) is 13.2 Å². The number of hydrogen-bond acceptors (Lipinski definition) is 3. The summed E-state index contributed by atoms with van der Waals surface area (Å²) in [7, 11) is 0.984. The third-order valence-corrected chi connectivity index (χ3v) is 1.49. The standard InChI is InChI=1S/C7H10F3NO4/c1-15-6(14)11-4(5(12)13)2-3-7(8,9)10/h4H,2-3H2,1H3,(H,11,14)(H,12,13)/t4-/m0/s1. The Hall–Kier alpha value is -1.47. The zero-order chi connectivity index (χ0) is 12.1. The highest BCUT2D eigenvalue weighted by Gasteiger charge is 2.31. The molecule has 0 spiro atoms. The van der Waals surface area contributed by atoms with E-state index in [0.29, 0.717) is 0 Å². The van der Waals surface area contributed by atoms with Crippen molar-refractivity contribution in [1.82, 2.24) is 5.32 Å². The molecule has 0 aromatic carbocycles. The summed E-state index contributed by atoms with van der Waals surface area (Å²) in [5.74, 6) is -1.54. The Morgan fingerprint density at radius 1 is 1.47 bits per heavy atom. The average molecular weight is 229 g/mol. The van der Waals surface area contributed by atoms with E-state index < -0.39 is 37.1 Å². The van der Waals surface area contributed by atoms with Crippen LogP contribution in [0.2, 0.25) is 0 Å². The molecule has 1 amide bonds. The molecule has 0 aliphatic heterocycles. The smallest absolute Gasteiger partial charge is 0.407 e. The highest BCUT2D eigenvalue weighted by Crippen LogP contribution is 2.22. The maximum atomic E-state index is 11.8. The number of halogens is 3. The van der Waals surface area contributed by atoms with Crippen LogP contribution in [0.3, 0.4) is 0 Å². The molecule has 5 nitrogen and oxygen atoms in total. The molecule has 0 saturated carbocycles. The van der Waals surface area contributed by atoms with E-state index in [1.807, 2.05) is 0 Å². The highest BCUT2D eigenvalue weighted by molar-refractivity contribution is 5.79. The van der Waals surface area contributed by atoms with Gasteiger partial charge in [-0.05, 0) is 6.42 Å². The summed E-state index contributed by atoms with van der Waals surface area (Å²) in [6.45, 7) is 0. The first-order valence-corrected chi connectivity index (χ1v) is 3.90. The minimum atomic E-state index is -4.45. The van der Waals surface area contributed by atoms with Crippen LogP contribution in [0, 0.1) is 0 Å². The van der Waals surface area contributed by atoms with Crippen LogP contribution in [0.1, 0.15) is 12.8 Å². The number of aliphatic carboxylic acids is 1. The molecule has 0 aliphatic rings. The van der Waals surface area contributed by atoms with Gasteiger partial charge in [0.2, 0.25) is 0 Å². The molecule has 0 aromatic heterocycles. The molecule has 0 aliphatic carbocycles.